The van der Waals surface area contributed by atoms with Gasteiger partial charge in [0.1, 0.15) is 0 Å². The number of nitrogens with zero attached hydrogens (tertiary/aromatic N) is 1. The van der Waals surface area contributed by atoms with Crippen LogP contribution in [-0.4, -0.2) is 24.0 Å². The minimum Gasteiger partial charge on any atom is -0.400 e. The minimum atomic E-state index is -0.252. The predicted octanol–water partition coefficient (Wildman–Crippen LogP) is 0.346. The summed E-state index contributed by atoms with van der Waals surface area (Å²) in [5, 5.41) is 9.71. The summed E-state index contributed by atoms with van der Waals surface area (Å²) in [7, 11) is 0. The molecule has 18 heavy (non-hydrogen) atoms. The van der Waals surface area contributed by atoms with E-state index in [1.165, 1.54) is 0 Å². The lowest BCUT2D eigenvalue weighted by molar-refractivity contribution is -0.116. The first-order valence-corrected chi connectivity index (χ1v) is 6.07. The lowest BCUT2D eigenvalue weighted by atomic mass is 9.84. The maximum absolute atomic E-state index is 12.2. The lowest BCUT2D eigenvalue weighted by Gasteiger charge is -2.23. The van der Waals surface area contributed by atoms with Gasteiger partial charge in [0.15, 0.2) is 11.7 Å². The zero-order valence-corrected chi connectivity index (χ0v) is 10.9. The van der Waals surface area contributed by atoms with E-state index in [0.29, 0.717) is 30.8 Å². The Bertz CT molecular complexity index is 397. The van der Waals surface area contributed by atoms with Crippen molar-refractivity contribution in [2.24, 2.45) is 28.3 Å². The van der Waals surface area contributed by atoms with Gasteiger partial charge in [-0.25, -0.2) is 0 Å². The second kappa shape index (κ2) is 6.18. The SMILES string of the molecule is CC(C)C1C(=O)C(CCCNC(=N)N)=NC=C1N. The average Bonchev–Trinajstić information content (AvgIpc) is 2.26. The van der Waals surface area contributed by atoms with Crippen LogP contribution in [0.15, 0.2) is 16.9 Å². The molecular formula is C12H21N5O. The highest BCUT2D eigenvalue weighted by atomic mass is 16.1. The number of nitrogens with one attached hydrogen (secondary N) is 2. The third-order valence-corrected chi connectivity index (χ3v) is 2.87. The van der Waals surface area contributed by atoms with E-state index >= 15 is 0 Å². The van der Waals surface area contributed by atoms with Crippen molar-refractivity contribution >= 4 is 17.5 Å². The molecule has 1 aliphatic rings. The number of hydrogen-bond acceptors (Lipinski definition) is 4. The van der Waals surface area contributed by atoms with Crippen LogP contribution in [0.5, 0.6) is 0 Å². The number of hydrogen-bond donors (Lipinski definition) is 4. The smallest absolute Gasteiger partial charge is 0.186 e. The number of carbonyl (C=O) groups excluding carboxylic acids is 1. The molecule has 100 valence electrons. The zero-order valence-electron chi connectivity index (χ0n) is 10.9. The Balaban J connectivity index is 2.56. The second-order valence-electron chi connectivity index (χ2n) is 4.73. The Kier molecular flexibility index (Phi) is 4.88. The molecule has 0 amide bonds. The third kappa shape index (κ3) is 3.58. The molecule has 0 spiro atoms. The van der Waals surface area contributed by atoms with Crippen LogP contribution in [0.1, 0.15) is 26.7 Å². The van der Waals surface area contributed by atoms with Crippen molar-refractivity contribution in [2.75, 3.05) is 6.54 Å². The third-order valence-electron chi connectivity index (χ3n) is 2.87. The Morgan fingerprint density at radius 3 is 2.83 bits per heavy atom. The Labute approximate surface area is 107 Å². The van der Waals surface area contributed by atoms with E-state index in [1.807, 2.05) is 13.8 Å². The van der Waals surface area contributed by atoms with Crippen LogP contribution in [-0.2, 0) is 4.79 Å². The van der Waals surface area contributed by atoms with Crippen molar-refractivity contribution in [2.45, 2.75) is 26.7 Å². The van der Waals surface area contributed by atoms with Crippen molar-refractivity contribution in [3.8, 4) is 0 Å². The first-order valence-electron chi connectivity index (χ1n) is 6.07. The summed E-state index contributed by atoms with van der Waals surface area (Å²) in [6, 6.07) is 0. The Hall–Kier alpha value is -1.85. The van der Waals surface area contributed by atoms with Crippen LogP contribution < -0.4 is 16.8 Å². The van der Waals surface area contributed by atoms with E-state index in [-0.39, 0.29) is 23.6 Å². The van der Waals surface area contributed by atoms with Crippen LogP contribution in [0.2, 0.25) is 0 Å². The summed E-state index contributed by atoms with van der Waals surface area (Å²) in [6.45, 7) is 4.51. The number of Topliss-reactive ketones (excluding diaryl/α,β-unsaturated/α-hetero) is 1. The summed E-state index contributed by atoms with van der Waals surface area (Å²) < 4.78 is 0. The molecule has 1 rings (SSSR count). The molecule has 6 nitrogen and oxygen atoms in total. The number of rotatable bonds is 5. The van der Waals surface area contributed by atoms with E-state index in [9.17, 15) is 4.79 Å². The Morgan fingerprint density at radius 1 is 1.61 bits per heavy atom. The highest BCUT2D eigenvalue weighted by molar-refractivity contribution is 6.41. The van der Waals surface area contributed by atoms with Crippen molar-refractivity contribution in [3.05, 3.63) is 11.9 Å². The van der Waals surface area contributed by atoms with Crippen LogP contribution in [0.3, 0.4) is 0 Å². The van der Waals surface area contributed by atoms with Gasteiger partial charge in [-0.15, -0.1) is 0 Å². The molecule has 0 aromatic heterocycles. The molecule has 0 fully saturated rings. The van der Waals surface area contributed by atoms with E-state index in [0.717, 1.165) is 0 Å². The molecule has 0 bridgehead atoms. The van der Waals surface area contributed by atoms with Crippen molar-refractivity contribution in [1.29, 1.82) is 5.41 Å². The van der Waals surface area contributed by atoms with Gasteiger partial charge in [0.25, 0.3) is 0 Å². The highest BCUT2D eigenvalue weighted by Crippen LogP contribution is 2.23. The summed E-state index contributed by atoms with van der Waals surface area (Å²) in [4.78, 5) is 16.3. The number of ketones is 1. The minimum absolute atomic E-state index is 0.0211. The molecule has 6 heteroatoms. The summed E-state index contributed by atoms with van der Waals surface area (Å²) in [6.07, 6.45) is 2.87. The molecule has 6 N–H and O–H groups in total. The number of carbonyl (C=O) groups is 1. The van der Waals surface area contributed by atoms with Crippen LogP contribution in [0.25, 0.3) is 0 Å². The van der Waals surface area contributed by atoms with Gasteiger partial charge < -0.3 is 16.8 Å². The predicted molar refractivity (Wildman–Crippen MR) is 72.2 cm³/mol. The van der Waals surface area contributed by atoms with Gasteiger partial charge in [-0.3, -0.25) is 15.2 Å². The van der Waals surface area contributed by atoms with Crippen molar-refractivity contribution in [3.63, 3.8) is 0 Å². The van der Waals surface area contributed by atoms with E-state index in [2.05, 4.69) is 10.3 Å². The quantitative estimate of drug-likeness (QED) is 0.320. The molecule has 0 saturated carbocycles. The fraction of sp³-hybridized carbons (Fsp3) is 0.583. The van der Waals surface area contributed by atoms with E-state index < -0.39 is 0 Å². The van der Waals surface area contributed by atoms with Gasteiger partial charge in [0, 0.05) is 18.4 Å². The molecular weight excluding hydrogens is 230 g/mol. The molecule has 1 aliphatic heterocycles. The maximum Gasteiger partial charge on any atom is 0.186 e. The molecule has 0 aromatic rings. The highest BCUT2D eigenvalue weighted by Gasteiger charge is 2.30. The number of aliphatic imine (C=N–C) groups is 1. The first kappa shape index (κ1) is 14.2. The molecule has 1 unspecified atom stereocenters. The van der Waals surface area contributed by atoms with Crippen LogP contribution in [0.4, 0.5) is 0 Å². The lowest BCUT2D eigenvalue weighted by Crippen LogP contribution is -2.35. The van der Waals surface area contributed by atoms with Crippen molar-refractivity contribution < 1.29 is 4.79 Å². The summed E-state index contributed by atoms with van der Waals surface area (Å²) in [5.41, 5.74) is 12.1. The molecule has 0 saturated heterocycles. The van der Waals surface area contributed by atoms with Gasteiger partial charge in [-0.05, 0) is 18.8 Å². The van der Waals surface area contributed by atoms with Gasteiger partial charge in [-0.1, -0.05) is 13.8 Å². The van der Waals surface area contributed by atoms with Crippen LogP contribution in [0, 0.1) is 17.2 Å². The van der Waals surface area contributed by atoms with E-state index in [1.54, 1.807) is 6.20 Å². The van der Waals surface area contributed by atoms with Gasteiger partial charge >= 0.3 is 0 Å². The number of allylic oxidation sites excluding steroid dienone is 1. The van der Waals surface area contributed by atoms with Gasteiger partial charge in [0.05, 0.1) is 11.6 Å². The standard InChI is InChI=1S/C12H21N5O/c1-7(2)10-8(13)6-17-9(11(10)18)4-3-5-16-12(14)15/h6-7,10H,3-5,13H2,1-2H3,(H4,14,15,16). The van der Waals surface area contributed by atoms with Gasteiger partial charge in [-0.2, -0.15) is 0 Å². The fourth-order valence-corrected chi connectivity index (χ4v) is 1.98. The van der Waals surface area contributed by atoms with Crippen LogP contribution >= 0.6 is 0 Å². The molecule has 0 radical (unpaired) electrons. The molecule has 0 aromatic carbocycles. The molecule has 1 heterocycles. The maximum atomic E-state index is 12.2. The Morgan fingerprint density at radius 2 is 2.28 bits per heavy atom. The largest absolute Gasteiger partial charge is 0.400 e. The fourth-order valence-electron chi connectivity index (χ4n) is 1.98. The molecule has 0 aliphatic carbocycles. The topological polar surface area (TPSA) is 117 Å². The van der Waals surface area contributed by atoms with Gasteiger partial charge in [0.2, 0.25) is 0 Å². The zero-order chi connectivity index (χ0) is 13.7. The molecule has 1 atom stereocenters. The second-order valence-corrected chi connectivity index (χ2v) is 4.73. The normalized spacial score (nSPS) is 19.5. The van der Waals surface area contributed by atoms with E-state index in [4.69, 9.17) is 16.9 Å². The number of nitrogens with two attached hydrogens (primary N) is 2. The average molecular weight is 251 g/mol. The van der Waals surface area contributed by atoms with Crippen molar-refractivity contribution in [1.82, 2.24) is 5.32 Å². The summed E-state index contributed by atoms with van der Waals surface area (Å²) in [5.74, 6) is -0.114. The number of guanidine groups is 1. The monoisotopic (exact) mass is 251 g/mol. The summed E-state index contributed by atoms with van der Waals surface area (Å²) >= 11 is 0. The first-order chi connectivity index (χ1) is 8.43.